The second kappa shape index (κ2) is 8.65. The van der Waals surface area contributed by atoms with E-state index in [4.69, 9.17) is 23.8 Å². The summed E-state index contributed by atoms with van der Waals surface area (Å²) >= 11 is 11.4. The Labute approximate surface area is 160 Å². The zero-order valence-electron chi connectivity index (χ0n) is 14.5. The number of anilines is 1. The van der Waals surface area contributed by atoms with E-state index in [1.54, 1.807) is 0 Å². The van der Waals surface area contributed by atoms with Crippen LogP contribution >= 0.6 is 23.8 Å². The van der Waals surface area contributed by atoms with Crippen LogP contribution in [-0.2, 0) is 6.54 Å². The van der Waals surface area contributed by atoms with Crippen molar-refractivity contribution in [2.24, 2.45) is 0 Å². The predicted molar refractivity (Wildman–Crippen MR) is 110 cm³/mol. The largest absolute Gasteiger partial charge is 0.360 e. The molecule has 1 heterocycles. The molecule has 1 aliphatic rings. The van der Waals surface area contributed by atoms with Crippen molar-refractivity contribution in [3.8, 4) is 0 Å². The maximum Gasteiger partial charge on any atom is 0.171 e. The fourth-order valence-electron chi connectivity index (χ4n) is 3.14. The van der Waals surface area contributed by atoms with Crippen molar-refractivity contribution in [2.75, 3.05) is 18.4 Å². The van der Waals surface area contributed by atoms with E-state index >= 15 is 0 Å². The van der Waals surface area contributed by atoms with Gasteiger partial charge in [-0.25, -0.2) is 0 Å². The van der Waals surface area contributed by atoms with Gasteiger partial charge < -0.3 is 10.6 Å². The number of rotatable bonds is 4. The van der Waals surface area contributed by atoms with Gasteiger partial charge in [0, 0.05) is 36.4 Å². The van der Waals surface area contributed by atoms with Gasteiger partial charge in [0.25, 0.3) is 0 Å². The lowest BCUT2D eigenvalue weighted by Crippen LogP contribution is -2.45. The lowest BCUT2D eigenvalue weighted by molar-refractivity contribution is 0.199. The molecule has 0 unspecified atom stereocenters. The summed E-state index contributed by atoms with van der Waals surface area (Å²) < 4.78 is 0. The van der Waals surface area contributed by atoms with Gasteiger partial charge in [-0.15, -0.1) is 0 Å². The third-order valence-electron chi connectivity index (χ3n) is 4.64. The maximum absolute atomic E-state index is 5.95. The van der Waals surface area contributed by atoms with Crippen LogP contribution in [0.4, 0.5) is 5.69 Å². The van der Waals surface area contributed by atoms with Gasteiger partial charge in [-0.3, -0.25) is 4.90 Å². The summed E-state index contributed by atoms with van der Waals surface area (Å²) in [4.78, 5) is 2.49. The van der Waals surface area contributed by atoms with Crippen molar-refractivity contribution in [1.82, 2.24) is 10.2 Å². The number of nitrogens with zero attached hydrogens (tertiary/aromatic N) is 1. The van der Waals surface area contributed by atoms with Crippen molar-refractivity contribution in [3.63, 3.8) is 0 Å². The Bertz CT molecular complexity index is 709. The highest BCUT2D eigenvalue weighted by Gasteiger charge is 2.19. The van der Waals surface area contributed by atoms with E-state index in [9.17, 15) is 0 Å². The second-order valence-corrected chi connectivity index (χ2v) is 7.43. The summed E-state index contributed by atoms with van der Waals surface area (Å²) in [5, 5.41) is 8.28. The third kappa shape index (κ3) is 5.43. The molecule has 5 heteroatoms. The number of thiocarbonyl (C=S) groups is 1. The van der Waals surface area contributed by atoms with Crippen LogP contribution in [0.1, 0.15) is 24.0 Å². The molecule has 0 radical (unpaired) electrons. The molecule has 1 fully saturated rings. The molecule has 0 aromatic heterocycles. The quantitative estimate of drug-likeness (QED) is 0.766. The van der Waals surface area contributed by atoms with Crippen LogP contribution in [0.3, 0.4) is 0 Å². The number of para-hydroxylation sites is 1. The van der Waals surface area contributed by atoms with Crippen molar-refractivity contribution < 1.29 is 0 Å². The second-order valence-electron chi connectivity index (χ2n) is 6.59. The van der Waals surface area contributed by atoms with E-state index < -0.39 is 0 Å². The van der Waals surface area contributed by atoms with Crippen LogP contribution in [0, 0.1) is 6.92 Å². The molecule has 2 N–H and O–H groups in total. The summed E-state index contributed by atoms with van der Waals surface area (Å²) in [7, 11) is 0. The van der Waals surface area contributed by atoms with Gasteiger partial charge >= 0.3 is 0 Å². The minimum Gasteiger partial charge on any atom is -0.360 e. The number of halogens is 1. The predicted octanol–water partition coefficient (Wildman–Crippen LogP) is 4.60. The van der Waals surface area contributed by atoms with E-state index in [1.807, 2.05) is 24.3 Å². The van der Waals surface area contributed by atoms with Crippen LogP contribution in [0.25, 0.3) is 0 Å². The summed E-state index contributed by atoms with van der Waals surface area (Å²) in [5.41, 5.74) is 3.58. The van der Waals surface area contributed by atoms with Crippen molar-refractivity contribution in [3.05, 3.63) is 64.7 Å². The maximum atomic E-state index is 5.95. The molecule has 132 valence electrons. The number of hydrogen-bond donors (Lipinski definition) is 2. The topological polar surface area (TPSA) is 27.3 Å². The lowest BCUT2D eigenvalue weighted by Gasteiger charge is -2.33. The van der Waals surface area contributed by atoms with Crippen molar-refractivity contribution in [1.29, 1.82) is 0 Å². The molecule has 3 nitrogen and oxygen atoms in total. The standard InChI is InChI=1S/C20H24ClN3S/c1-15-4-2-3-5-19(15)23-20(25)22-18-10-12-24(13-11-18)14-16-6-8-17(21)9-7-16/h2-9,18H,10-14H2,1H3,(H2,22,23,25). The first kappa shape index (κ1) is 18.2. The van der Waals surface area contributed by atoms with Gasteiger partial charge in [-0.2, -0.15) is 0 Å². The van der Waals surface area contributed by atoms with Gasteiger partial charge in [0.2, 0.25) is 0 Å². The average molecular weight is 374 g/mol. The highest BCUT2D eigenvalue weighted by atomic mass is 35.5. The Kier molecular flexibility index (Phi) is 6.29. The molecule has 0 saturated carbocycles. The third-order valence-corrected chi connectivity index (χ3v) is 5.11. The Morgan fingerprint density at radius 2 is 1.80 bits per heavy atom. The number of benzene rings is 2. The first-order valence-electron chi connectivity index (χ1n) is 8.70. The number of nitrogens with one attached hydrogen (secondary N) is 2. The van der Waals surface area contributed by atoms with E-state index in [2.05, 4.69) is 46.7 Å². The number of hydrogen-bond acceptors (Lipinski definition) is 2. The SMILES string of the molecule is Cc1ccccc1NC(=S)NC1CCN(Cc2ccc(Cl)cc2)CC1. The van der Waals surface area contributed by atoms with Gasteiger partial charge in [0.05, 0.1) is 0 Å². The number of piperidine rings is 1. The van der Waals surface area contributed by atoms with E-state index in [0.29, 0.717) is 11.2 Å². The zero-order valence-corrected chi connectivity index (χ0v) is 16.0. The zero-order chi connectivity index (χ0) is 17.6. The molecule has 1 saturated heterocycles. The van der Waals surface area contributed by atoms with Crippen molar-refractivity contribution >= 4 is 34.6 Å². The molecule has 3 rings (SSSR count). The fraction of sp³-hybridized carbons (Fsp3) is 0.350. The molecule has 25 heavy (non-hydrogen) atoms. The van der Waals surface area contributed by atoms with Gasteiger partial charge in [0.1, 0.15) is 0 Å². The molecular formula is C20H24ClN3S. The number of aryl methyl sites for hydroxylation is 1. The molecule has 0 atom stereocenters. The Morgan fingerprint density at radius 1 is 1.12 bits per heavy atom. The lowest BCUT2D eigenvalue weighted by atomic mass is 10.0. The van der Waals surface area contributed by atoms with Crippen molar-refractivity contribution in [2.45, 2.75) is 32.4 Å². The highest BCUT2D eigenvalue weighted by Crippen LogP contribution is 2.17. The average Bonchev–Trinajstić information content (AvgIpc) is 2.61. The summed E-state index contributed by atoms with van der Waals surface area (Å²) in [6, 6.07) is 16.8. The van der Waals surface area contributed by atoms with Gasteiger partial charge in [-0.05, 0) is 61.3 Å². The first-order valence-corrected chi connectivity index (χ1v) is 9.49. The van der Waals surface area contributed by atoms with Crippen LogP contribution in [-0.4, -0.2) is 29.1 Å². The smallest absolute Gasteiger partial charge is 0.171 e. The summed E-state index contributed by atoms with van der Waals surface area (Å²) in [6.45, 7) is 5.22. The Morgan fingerprint density at radius 3 is 2.48 bits per heavy atom. The molecule has 0 aliphatic carbocycles. The monoisotopic (exact) mass is 373 g/mol. The molecular weight excluding hydrogens is 350 g/mol. The van der Waals surface area contributed by atoms with E-state index in [-0.39, 0.29) is 0 Å². The van der Waals surface area contributed by atoms with Crippen LogP contribution in [0.15, 0.2) is 48.5 Å². The van der Waals surface area contributed by atoms with Crippen LogP contribution < -0.4 is 10.6 Å². The molecule has 0 bridgehead atoms. The highest BCUT2D eigenvalue weighted by molar-refractivity contribution is 7.80. The number of likely N-dealkylation sites (tertiary alicyclic amines) is 1. The fourth-order valence-corrected chi connectivity index (χ4v) is 3.54. The minimum atomic E-state index is 0.436. The Hall–Kier alpha value is -1.62. The van der Waals surface area contributed by atoms with Gasteiger partial charge in [-0.1, -0.05) is 41.9 Å². The van der Waals surface area contributed by atoms with E-state index in [1.165, 1.54) is 11.1 Å². The molecule has 2 aromatic carbocycles. The van der Waals surface area contributed by atoms with E-state index in [0.717, 1.165) is 43.2 Å². The first-order chi connectivity index (χ1) is 12.1. The van der Waals surface area contributed by atoms with Crippen LogP contribution in [0.5, 0.6) is 0 Å². The molecule has 1 aliphatic heterocycles. The molecule has 2 aromatic rings. The normalized spacial score (nSPS) is 15.8. The summed E-state index contributed by atoms with van der Waals surface area (Å²) in [6.07, 6.45) is 2.20. The minimum absolute atomic E-state index is 0.436. The summed E-state index contributed by atoms with van der Waals surface area (Å²) in [5.74, 6) is 0. The molecule has 0 spiro atoms. The molecule has 0 amide bonds. The van der Waals surface area contributed by atoms with Gasteiger partial charge in [0.15, 0.2) is 5.11 Å². The van der Waals surface area contributed by atoms with Crippen LogP contribution in [0.2, 0.25) is 5.02 Å². The Balaban J connectivity index is 1.43.